The Morgan fingerprint density at radius 2 is 1.30 bits per heavy atom. The molecule has 3 aromatic carbocycles. The number of ether oxygens (including phenoxy) is 1. The first-order valence-electron chi connectivity index (χ1n) is 12.3. The van der Waals surface area contributed by atoms with Crippen molar-refractivity contribution in [3.8, 4) is 11.1 Å². The van der Waals surface area contributed by atoms with Gasteiger partial charge in [0.1, 0.15) is 0 Å². The third-order valence-electron chi connectivity index (χ3n) is 5.57. The lowest BCUT2D eigenvalue weighted by Gasteiger charge is -2.28. The summed E-state index contributed by atoms with van der Waals surface area (Å²) < 4.78 is 6.60. The topological polar surface area (TPSA) is 21.3 Å². The van der Waals surface area contributed by atoms with Gasteiger partial charge in [-0.05, 0) is 36.6 Å². The largest absolute Gasteiger partial charge is 0.482 e. The van der Waals surface area contributed by atoms with Gasteiger partial charge in [-0.15, -0.1) is 0 Å². The van der Waals surface area contributed by atoms with Crippen molar-refractivity contribution >= 4 is 23.1 Å². The third kappa shape index (κ3) is 6.68. The molecule has 1 aliphatic rings. The van der Waals surface area contributed by atoms with Gasteiger partial charge in [0.25, 0.3) is 0 Å². The van der Waals surface area contributed by atoms with Crippen LogP contribution in [0, 0.1) is 5.92 Å². The molecule has 0 amide bonds. The highest BCUT2D eigenvalue weighted by Crippen LogP contribution is 2.44. The first-order valence-corrected chi connectivity index (χ1v) is 13.1. The molecule has 2 atom stereocenters. The Hall–Kier alpha value is -2.65. The molecule has 0 fully saturated rings. The summed E-state index contributed by atoms with van der Waals surface area (Å²) in [4.78, 5) is 1.17. The first kappa shape index (κ1) is 26.6. The SMILES string of the molecule is CC.CC.CCC(C)C(C)O/C(Sc1ccccc1)=C1\Nc2ccccc2-c2ccccc21. The molecule has 33 heavy (non-hydrogen) atoms. The van der Waals surface area contributed by atoms with Gasteiger partial charge in [-0.3, -0.25) is 0 Å². The molecule has 2 nitrogen and oxygen atoms in total. The fourth-order valence-electron chi connectivity index (χ4n) is 3.47. The lowest BCUT2D eigenvalue weighted by atomic mass is 9.93. The maximum absolute atomic E-state index is 6.60. The molecule has 0 saturated heterocycles. The minimum atomic E-state index is 0.129. The molecular weight excluding hydrogens is 422 g/mol. The Kier molecular flexibility index (Phi) is 11.1. The van der Waals surface area contributed by atoms with E-state index in [-0.39, 0.29) is 6.10 Å². The summed E-state index contributed by atoms with van der Waals surface area (Å²) in [5.74, 6) is 0.480. The predicted octanol–water partition coefficient (Wildman–Crippen LogP) is 9.70. The van der Waals surface area contributed by atoms with E-state index >= 15 is 0 Å². The van der Waals surface area contributed by atoms with E-state index in [4.69, 9.17) is 4.74 Å². The van der Waals surface area contributed by atoms with Crippen molar-refractivity contribution < 1.29 is 4.74 Å². The Morgan fingerprint density at radius 3 is 1.94 bits per heavy atom. The smallest absolute Gasteiger partial charge is 0.182 e. The highest BCUT2D eigenvalue weighted by Gasteiger charge is 2.25. The van der Waals surface area contributed by atoms with Crippen LogP contribution in [0.4, 0.5) is 5.69 Å². The van der Waals surface area contributed by atoms with Crippen LogP contribution in [0.25, 0.3) is 16.8 Å². The molecule has 1 aliphatic heterocycles. The van der Waals surface area contributed by atoms with Gasteiger partial charge in [-0.2, -0.15) is 0 Å². The Morgan fingerprint density at radius 1 is 0.758 bits per heavy atom. The van der Waals surface area contributed by atoms with Gasteiger partial charge in [0.05, 0.1) is 11.8 Å². The van der Waals surface area contributed by atoms with Crippen LogP contribution < -0.4 is 5.32 Å². The summed E-state index contributed by atoms with van der Waals surface area (Å²) in [7, 11) is 0. The Labute approximate surface area is 205 Å². The Balaban J connectivity index is 0.000000914. The van der Waals surface area contributed by atoms with Gasteiger partial charge in [0.15, 0.2) is 5.09 Å². The second-order valence-corrected chi connectivity index (χ2v) is 8.55. The van der Waals surface area contributed by atoms with E-state index in [0.717, 1.165) is 22.9 Å². The van der Waals surface area contributed by atoms with Crippen LogP contribution in [0.5, 0.6) is 0 Å². The molecule has 0 bridgehead atoms. The molecule has 0 aliphatic carbocycles. The van der Waals surface area contributed by atoms with Crippen molar-refractivity contribution in [2.24, 2.45) is 5.92 Å². The van der Waals surface area contributed by atoms with Crippen molar-refractivity contribution in [2.45, 2.75) is 65.9 Å². The predicted molar refractivity (Wildman–Crippen MR) is 147 cm³/mol. The average molecular weight is 462 g/mol. The second-order valence-electron chi connectivity index (χ2n) is 7.50. The molecule has 0 aromatic heterocycles. The van der Waals surface area contributed by atoms with Gasteiger partial charge >= 0.3 is 0 Å². The van der Waals surface area contributed by atoms with Crippen LogP contribution >= 0.6 is 11.8 Å². The fourth-order valence-corrected chi connectivity index (χ4v) is 4.44. The summed E-state index contributed by atoms with van der Waals surface area (Å²) in [5.41, 5.74) is 5.81. The molecular formula is C30H39NOS. The number of para-hydroxylation sites is 1. The van der Waals surface area contributed by atoms with Crippen LogP contribution in [-0.2, 0) is 4.74 Å². The van der Waals surface area contributed by atoms with E-state index in [1.54, 1.807) is 11.8 Å². The quantitative estimate of drug-likeness (QED) is 0.291. The third-order valence-corrected chi connectivity index (χ3v) is 6.56. The van der Waals surface area contributed by atoms with Crippen molar-refractivity contribution in [1.82, 2.24) is 0 Å². The molecule has 2 unspecified atom stereocenters. The van der Waals surface area contributed by atoms with Crippen LogP contribution in [0.2, 0.25) is 0 Å². The van der Waals surface area contributed by atoms with Crippen LogP contribution in [0.3, 0.4) is 0 Å². The number of thioether (sulfide) groups is 1. The summed E-state index contributed by atoms with van der Waals surface area (Å²) in [6.07, 6.45) is 1.22. The molecule has 3 heteroatoms. The van der Waals surface area contributed by atoms with Crippen molar-refractivity contribution in [2.75, 3.05) is 5.32 Å². The zero-order chi connectivity index (χ0) is 24.2. The minimum absolute atomic E-state index is 0.129. The molecule has 176 valence electrons. The van der Waals surface area contributed by atoms with E-state index < -0.39 is 0 Å². The zero-order valence-corrected chi connectivity index (χ0v) is 22.0. The summed E-state index contributed by atoms with van der Waals surface area (Å²) >= 11 is 1.68. The molecule has 3 aromatic rings. The first-order chi connectivity index (χ1) is 16.2. The van der Waals surface area contributed by atoms with Crippen molar-refractivity contribution in [1.29, 1.82) is 0 Å². The maximum atomic E-state index is 6.60. The molecule has 0 saturated carbocycles. The number of anilines is 1. The highest BCUT2D eigenvalue weighted by atomic mass is 32.2. The Bertz CT molecular complexity index is 1010. The molecule has 0 spiro atoms. The van der Waals surface area contributed by atoms with Gasteiger partial charge in [0, 0.05) is 21.7 Å². The van der Waals surface area contributed by atoms with Crippen LogP contribution in [0.15, 0.2) is 88.8 Å². The average Bonchev–Trinajstić information content (AvgIpc) is 2.90. The number of fused-ring (bicyclic) bond motifs is 3. The van der Waals surface area contributed by atoms with Gasteiger partial charge < -0.3 is 10.1 Å². The lowest BCUT2D eigenvalue weighted by molar-refractivity contribution is 0.102. The maximum Gasteiger partial charge on any atom is 0.182 e. The zero-order valence-electron chi connectivity index (χ0n) is 21.2. The lowest BCUT2D eigenvalue weighted by Crippen LogP contribution is -2.19. The number of rotatable bonds is 6. The molecule has 1 heterocycles. The van der Waals surface area contributed by atoms with Gasteiger partial charge in [0.2, 0.25) is 0 Å². The van der Waals surface area contributed by atoms with E-state index in [9.17, 15) is 0 Å². The molecule has 0 radical (unpaired) electrons. The van der Waals surface area contributed by atoms with Crippen molar-refractivity contribution in [3.05, 3.63) is 89.5 Å². The van der Waals surface area contributed by atoms with Crippen molar-refractivity contribution in [3.63, 3.8) is 0 Å². The summed E-state index contributed by atoms with van der Waals surface area (Å²) in [5, 5.41) is 4.59. The summed E-state index contributed by atoms with van der Waals surface area (Å²) in [6.45, 7) is 14.6. The standard InChI is InChI=1S/C26H27NOS.2C2H6/c1-4-18(2)19(3)28-26(29-20-12-6-5-7-13-20)25-23-16-9-8-14-21(23)22-15-10-11-17-24(22)27-25;2*1-2/h5-19,27H,4H2,1-3H3;2*1-2H3/b26-25+;;. The highest BCUT2D eigenvalue weighted by molar-refractivity contribution is 8.03. The van der Waals surface area contributed by atoms with E-state index in [0.29, 0.717) is 5.92 Å². The second kappa shape index (κ2) is 13.8. The fraction of sp³-hybridized carbons (Fsp3) is 0.333. The minimum Gasteiger partial charge on any atom is -0.482 e. The van der Waals surface area contributed by atoms with Gasteiger partial charge in [-0.25, -0.2) is 0 Å². The summed E-state index contributed by atoms with van der Waals surface area (Å²) in [6, 6.07) is 27.5. The van der Waals surface area contributed by atoms with E-state index in [1.807, 2.05) is 33.8 Å². The van der Waals surface area contributed by atoms with E-state index in [2.05, 4.69) is 98.9 Å². The van der Waals surface area contributed by atoms with E-state index in [1.165, 1.54) is 21.6 Å². The monoisotopic (exact) mass is 461 g/mol. The number of hydrogen-bond acceptors (Lipinski definition) is 3. The molecule has 1 N–H and O–H groups in total. The number of nitrogens with one attached hydrogen (secondary N) is 1. The normalized spacial score (nSPS) is 14.5. The van der Waals surface area contributed by atoms with Gasteiger partial charge in [-0.1, -0.05) is 120 Å². The number of hydrogen-bond donors (Lipinski definition) is 1. The van der Waals surface area contributed by atoms with Crippen LogP contribution in [-0.4, -0.2) is 6.10 Å². The number of benzene rings is 3. The van der Waals surface area contributed by atoms with Crippen LogP contribution in [0.1, 0.15) is 60.5 Å². The molecule has 4 rings (SSSR count).